The lowest BCUT2D eigenvalue weighted by Gasteiger charge is -2.16. The van der Waals surface area contributed by atoms with Crippen LogP contribution in [0.2, 0.25) is 0 Å². The van der Waals surface area contributed by atoms with Gasteiger partial charge in [-0.05, 0) is 30.9 Å². The van der Waals surface area contributed by atoms with Gasteiger partial charge in [0.05, 0.1) is 12.6 Å². The molecular weight excluding hydrogens is 299 g/mol. The van der Waals surface area contributed by atoms with Crippen LogP contribution in [0.25, 0.3) is 0 Å². The number of fused-ring (bicyclic) bond motifs is 1. The Labute approximate surface area is 125 Å². The molecule has 0 aromatic carbocycles. The summed E-state index contributed by atoms with van der Waals surface area (Å²) in [6.45, 7) is 0.856. The van der Waals surface area contributed by atoms with E-state index < -0.39 is 11.9 Å². The molecule has 1 aromatic rings. The Bertz CT molecular complexity index is 591. The predicted octanol–water partition coefficient (Wildman–Crippen LogP) is 1.79. The fraction of sp³-hybridized carbons (Fsp3) is 0.571. The van der Waals surface area contributed by atoms with Crippen molar-refractivity contribution in [1.82, 2.24) is 10.3 Å². The lowest BCUT2D eigenvalue weighted by Crippen LogP contribution is -2.39. The number of methoxy groups -OCH3 is 1. The van der Waals surface area contributed by atoms with Gasteiger partial charge in [0.2, 0.25) is 5.91 Å². The molecule has 3 rings (SSSR count). The summed E-state index contributed by atoms with van der Waals surface area (Å²) >= 11 is 0. The Morgan fingerprint density at radius 1 is 1.50 bits per heavy atom. The minimum Gasteiger partial charge on any atom is -0.380 e. The number of halogens is 3. The Morgan fingerprint density at radius 2 is 2.27 bits per heavy atom. The van der Waals surface area contributed by atoms with E-state index in [4.69, 9.17) is 4.74 Å². The molecule has 0 spiro atoms. The van der Waals surface area contributed by atoms with Crippen LogP contribution in [-0.4, -0.2) is 30.6 Å². The van der Waals surface area contributed by atoms with Gasteiger partial charge >= 0.3 is 6.18 Å². The largest absolute Gasteiger partial charge is 0.433 e. The molecule has 2 heterocycles. The first kappa shape index (κ1) is 15.2. The lowest BCUT2D eigenvalue weighted by molar-refractivity contribution is -0.141. The number of pyridine rings is 1. The number of ether oxygens (including phenoxy) is 1. The van der Waals surface area contributed by atoms with Gasteiger partial charge < -0.3 is 15.4 Å². The monoisotopic (exact) mass is 315 g/mol. The van der Waals surface area contributed by atoms with Gasteiger partial charge in [-0.2, -0.15) is 13.2 Å². The summed E-state index contributed by atoms with van der Waals surface area (Å²) in [5.41, 5.74) is -0.625. The van der Waals surface area contributed by atoms with E-state index in [2.05, 4.69) is 15.6 Å². The second kappa shape index (κ2) is 5.51. The molecule has 2 aliphatic rings. The molecule has 1 aliphatic carbocycles. The van der Waals surface area contributed by atoms with Crippen LogP contribution in [0.5, 0.6) is 0 Å². The minimum absolute atomic E-state index is 0.0743. The molecule has 0 bridgehead atoms. The van der Waals surface area contributed by atoms with E-state index in [9.17, 15) is 18.0 Å². The van der Waals surface area contributed by atoms with Gasteiger partial charge in [-0.25, -0.2) is 4.98 Å². The van der Waals surface area contributed by atoms with Crippen LogP contribution in [0, 0.1) is 11.8 Å². The van der Waals surface area contributed by atoms with Crippen molar-refractivity contribution >= 4 is 11.7 Å². The highest BCUT2D eigenvalue weighted by Crippen LogP contribution is 2.45. The topological polar surface area (TPSA) is 63.2 Å². The Kier molecular flexibility index (Phi) is 3.82. The molecule has 1 aliphatic heterocycles. The van der Waals surface area contributed by atoms with E-state index in [0.717, 1.165) is 19.0 Å². The number of carbonyl (C=O) groups excluding carboxylic acids is 1. The van der Waals surface area contributed by atoms with Gasteiger partial charge in [0.25, 0.3) is 0 Å². The van der Waals surface area contributed by atoms with Crippen molar-refractivity contribution in [3.8, 4) is 0 Å². The molecule has 120 valence electrons. The summed E-state index contributed by atoms with van der Waals surface area (Å²) in [5.74, 6) is 0.377. The van der Waals surface area contributed by atoms with Crippen LogP contribution >= 0.6 is 0 Å². The Hall–Kier alpha value is -1.67. The van der Waals surface area contributed by atoms with Gasteiger partial charge in [0, 0.05) is 12.7 Å². The molecular formula is C14H16F3N3O2. The van der Waals surface area contributed by atoms with E-state index in [1.54, 1.807) is 0 Å². The van der Waals surface area contributed by atoms with Crippen molar-refractivity contribution in [2.24, 2.45) is 11.8 Å². The van der Waals surface area contributed by atoms with Crippen molar-refractivity contribution in [3.63, 3.8) is 0 Å². The lowest BCUT2D eigenvalue weighted by atomic mass is 10.1. The molecule has 0 radical (unpaired) electrons. The zero-order valence-electron chi connectivity index (χ0n) is 11.9. The summed E-state index contributed by atoms with van der Waals surface area (Å²) in [6, 6.07) is 1.81. The Morgan fingerprint density at radius 3 is 2.82 bits per heavy atom. The van der Waals surface area contributed by atoms with Crippen LogP contribution in [-0.2, 0) is 22.3 Å². The number of nitrogens with zero attached hydrogens (tertiary/aromatic N) is 1. The van der Waals surface area contributed by atoms with Gasteiger partial charge in [-0.3, -0.25) is 4.79 Å². The summed E-state index contributed by atoms with van der Waals surface area (Å²) < 4.78 is 43.3. The number of piperidine rings is 1. The fourth-order valence-electron chi connectivity index (χ4n) is 2.85. The van der Waals surface area contributed by atoms with E-state index >= 15 is 0 Å². The summed E-state index contributed by atoms with van der Waals surface area (Å²) in [6.07, 6.45) is -3.57. The molecule has 1 saturated heterocycles. The maximum Gasteiger partial charge on any atom is 0.433 e. The fourth-order valence-corrected chi connectivity index (χ4v) is 2.85. The van der Waals surface area contributed by atoms with E-state index in [1.807, 2.05) is 0 Å². The highest BCUT2D eigenvalue weighted by Gasteiger charge is 2.51. The molecule has 1 saturated carbocycles. The normalized spacial score (nSPS) is 26.6. The standard InChI is InChI=1S/C14H16F3N3O2/c1-22-6-7-2-3-10(14(15,16)17)19-12(7)20-13(21)11-9-4-8(9)5-18-11/h2-3,8-9,11,18H,4-6H2,1H3,(H,19,20,21)/t8-,9-,11+/m1/s1. The van der Waals surface area contributed by atoms with Crippen LogP contribution in [0.15, 0.2) is 12.1 Å². The van der Waals surface area contributed by atoms with Crippen molar-refractivity contribution in [3.05, 3.63) is 23.4 Å². The van der Waals surface area contributed by atoms with Crippen molar-refractivity contribution in [2.75, 3.05) is 19.0 Å². The third kappa shape index (κ3) is 2.93. The number of hydrogen-bond donors (Lipinski definition) is 2. The minimum atomic E-state index is -4.56. The zero-order chi connectivity index (χ0) is 15.9. The first-order valence-corrected chi connectivity index (χ1v) is 7.00. The molecule has 2 N–H and O–H groups in total. The molecule has 2 fully saturated rings. The number of amides is 1. The van der Waals surface area contributed by atoms with E-state index in [-0.39, 0.29) is 30.3 Å². The van der Waals surface area contributed by atoms with Crippen LogP contribution in [0.4, 0.5) is 19.0 Å². The predicted molar refractivity (Wildman–Crippen MR) is 72.0 cm³/mol. The molecule has 22 heavy (non-hydrogen) atoms. The molecule has 1 amide bonds. The highest BCUT2D eigenvalue weighted by molar-refractivity contribution is 5.95. The van der Waals surface area contributed by atoms with Gasteiger partial charge in [-0.15, -0.1) is 0 Å². The number of aromatic nitrogens is 1. The molecule has 5 nitrogen and oxygen atoms in total. The average Bonchev–Trinajstić information content (AvgIpc) is 3.10. The molecule has 8 heteroatoms. The summed E-state index contributed by atoms with van der Waals surface area (Å²) in [7, 11) is 1.43. The smallest absolute Gasteiger partial charge is 0.380 e. The van der Waals surface area contributed by atoms with Crippen molar-refractivity contribution < 1.29 is 22.7 Å². The van der Waals surface area contributed by atoms with E-state index in [1.165, 1.54) is 13.2 Å². The van der Waals surface area contributed by atoms with Crippen LogP contribution in [0.3, 0.4) is 0 Å². The summed E-state index contributed by atoms with van der Waals surface area (Å²) in [4.78, 5) is 15.8. The molecule has 0 unspecified atom stereocenters. The number of rotatable bonds is 4. The first-order chi connectivity index (χ1) is 10.4. The van der Waals surface area contributed by atoms with Gasteiger partial charge in [-0.1, -0.05) is 6.07 Å². The van der Waals surface area contributed by atoms with Crippen LogP contribution < -0.4 is 10.6 Å². The maximum atomic E-state index is 12.8. The SMILES string of the molecule is COCc1ccc(C(F)(F)F)nc1NC(=O)[C@H]1NC[C@H]2C[C@H]21. The number of alkyl halides is 3. The van der Waals surface area contributed by atoms with Crippen molar-refractivity contribution in [2.45, 2.75) is 25.2 Å². The quantitative estimate of drug-likeness (QED) is 0.889. The number of hydrogen-bond acceptors (Lipinski definition) is 4. The molecule has 1 aromatic heterocycles. The van der Waals surface area contributed by atoms with Gasteiger partial charge in [0.1, 0.15) is 11.5 Å². The zero-order valence-corrected chi connectivity index (χ0v) is 11.9. The van der Waals surface area contributed by atoms with E-state index in [0.29, 0.717) is 11.5 Å². The number of carbonyl (C=O) groups is 1. The second-order valence-electron chi connectivity index (χ2n) is 5.67. The maximum absolute atomic E-state index is 12.8. The second-order valence-corrected chi connectivity index (χ2v) is 5.67. The first-order valence-electron chi connectivity index (χ1n) is 7.00. The molecule has 3 atom stereocenters. The van der Waals surface area contributed by atoms with Crippen molar-refractivity contribution in [1.29, 1.82) is 0 Å². The average molecular weight is 315 g/mol. The van der Waals surface area contributed by atoms with Gasteiger partial charge in [0.15, 0.2) is 0 Å². The number of nitrogens with one attached hydrogen (secondary N) is 2. The highest BCUT2D eigenvalue weighted by atomic mass is 19.4. The third-order valence-corrected chi connectivity index (χ3v) is 4.10. The summed E-state index contributed by atoms with van der Waals surface area (Å²) in [5, 5.41) is 5.59. The number of anilines is 1. The van der Waals surface area contributed by atoms with Crippen LogP contribution in [0.1, 0.15) is 17.7 Å². The Balaban J connectivity index is 1.81. The third-order valence-electron chi connectivity index (χ3n) is 4.10.